The first kappa shape index (κ1) is 17.3. The van der Waals surface area contributed by atoms with Gasteiger partial charge in [-0.1, -0.05) is 12.2 Å². The van der Waals surface area contributed by atoms with Crippen molar-refractivity contribution in [1.29, 1.82) is 0 Å². The fraction of sp³-hybridized carbons (Fsp3) is 0.353. The van der Waals surface area contributed by atoms with Gasteiger partial charge < -0.3 is 10.2 Å². The van der Waals surface area contributed by atoms with Crippen LogP contribution in [0.5, 0.6) is 0 Å². The lowest BCUT2D eigenvalue weighted by Crippen LogP contribution is -2.31. The highest BCUT2D eigenvalue weighted by Gasteiger charge is 2.16. The Morgan fingerprint density at radius 3 is 2.61 bits per heavy atom. The van der Waals surface area contributed by atoms with Crippen LogP contribution in [0.2, 0.25) is 0 Å². The Morgan fingerprint density at radius 2 is 2.04 bits per heavy atom. The molecule has 1 aliphatic rings. The van der Waals surface area contributed by atoms with Crippen LogP contribution in [0.3, 0.4) is 0 Å². The third-order valence-electron chi connectivity index (χ3n) is 3.48. The maximum absolute atomic E-state index is 11.8. The zero-order valence-corrected chi connectivity index (χ0v) is 14.3. The summed E-state index contributed by atoms with van der Waals surface area (Å²) in [5.74, 6) is 0.541. The molecule has 0 aromatic heterocycles. The molecule has 0 spiro atoms. The Balaban J connectivity index is 1.91. The van der Waals surface area contributed by atoms with Crippen molar-refractivity contribution >= 4 is 29.9 Å². The van der Waals surface area contributed by atoms with Crippen LogP contribution in [0.1, 0.15) is 6.42 Å². The standard InChI is InChI=1S/C17H22N4OS/c1-21(2)16-9-7-15(8-10-16)20-19-14-5-3-13(4-6-14)17(22)18-11-12-23/h3,5-10,13,23H,4,11-12H2,1-2H3,(H,18,22). The predicted octanol–water partition coefficient (Wildman–Crippen LogP) is 3.34. The minimum absolute atomic E-state index is 0.0295. The fourth-order valence-corrected chi connectivity index (χ4v) is 2.23. The van der Waals surface area contributed by atoms with Crippen molar-refractivity contribution in [3.63, 3.8) is 0 Å². The molecule has 0 bridgehead atoms. The first-order valence-corrected chi connectivity index (χ1v) is 8.19. The number of hydrogen-bond donors (Lipinski definition) is 2. The van der Waals surface area contributed by atoms with Crippen LogP contribution in [0.25, 0.3) is 0 Å². The van der Waals surface area contributed by atoms with Gasteiger partial charge in [-0.05, 0) is 36.8 Å². The summed E-state index contributed by atoms with van der Waals surface area (Å²) in [6.07, 6.45) is 6.29. The number of rotatable bonds is 6. The summed E-state index contributed by atoms with van der Waals surface area (Å²) >= 11 is 4.08. The molecule has 23 heavy (non-hydrogen) atoms. The first-order valence-electron chi connectivity index (χ1n) is 7.56. The van der Waals surface area contributed by atoms with Crippen molar-refractivity contribution < 1.29 is 4.79 Å². The summed E-state index contributed by atoms with van der Waals surface area (Å²) < 4.78 is 0. The molecule has 1 amide bonds. The highest BCUT2D eigenvalue weighted by Crippen LogP contribution is 2.22. The van der Waals surface area contributed by atoms with Crippen molar-refractivity contribution in [2.45, 2.75) is 6.42 Å². The average Bonchev–Trinajstić information content (AvgIpc) is 2.58. The quantitative estimate of drug-likeness (QED) is 0.621. The second-order valence-corrected chi connectivity index (χ2v) is 5.90. The molecular formula is C17H22N4OS. The van der Waals surface area contributed by atoms with Crippen LogP contribution in [-0.2, 0) is 4.79 Å². The van der Waals surface area contributed by atoms with E-state index in [1.165, 1.54) is 0 Å². The molecule has 1 aliphatic carbocycles. The number of hydrogen-bond acceptors (Lipinski definition) is 5. The number of allylic oxidation sites excluding steroid dienone is 2. The molecule has 1 aromatic carbocycles. The van der Waals surface area contributed by atoms with E-state index in [0.717, 1.165) is 17.1 Å². The number of nitrogens with one attached hydrogen (secondary N) is 1. The molecule has 0 heterocycles. The predicted molar refractivity (Wildman–Crippen MR) is 97.5 cm³/mol. The molecule has 2 rings (SSSR count). The lowest BCUT2D eigenvalue weighted by Gasteiger charge is -2.14. The van der Waals surface area contributed by atoms with E-state index < -0.39 is 0 Å². The second-order valence-electron chi connectivity index (χ2n) is 5.46. The third-order valence-corrected chi connectivity index (χ3v) is 3.70. The number of azo groups is 1. The van der Waals surface area contributed by atoms with Gasteiger partial charge in [-0.15, -0.1) is 0 Å². The molecule has 1 N–H and O–H groups in total. The molecule has 0 fully saturated rings. The number of amides is 1. The molecule has 1 atom stereocenters. The number of anilines is 1. The molecule has 1 aromatic rings. The van der Waals surface area contributed by atoms with Gasteiger partial charge in [0.05, 0.1) is 17.3 Å². The summed E-state index contributed by atoms with van der Waals surface area (Å²) in [7, 11) is 3.99. The summed E-state index contributed by atoms with van der Waals surface area (Å²) in [5.41, 5.74) is 2.70. The number of carbonyl (C=O) groups excluding carboxylic acids is 1. The average molecular weight is 330 g/mol. The summed E-state index contributed by atoms with van der Waals surface area (Å²) in [6, 6.07) is 7.86. The molecule has 1 unspecified atom stereocenters. The zero-order valence-electron chi connectivity index (χ0n) is 13.4. The van der Waals surface area contributed by atoms with E-state index in [2.05, 4.69) is 28.2 Å². The number of carbonyl (C=O) groups is 1. The van der Waals surface area contributed by atoms with Gasteiger partial charge in [0, 0.05) is 32.1 Å². The maximum Gasteiger partial charge on any atom is 0.227 e. The van der Waals surface area contributed by atoms with E-state index in [1.54, 1.807) is 0 Å². The highest BCUT2D eigenvalue weighted by molar-refractivity contribution is 7.80. The van der Waals surface area contributed by atoms with Crippen LogP contribution in [0, 0.1) is 5.92 Å². The minimum Gasteiger partial charge on any atom is -0.378 e. The smallest absolute Gasteiger partial charge is 0.227 e. The molecule has 0 radical (unpaired) electrons. The Kier molecular flexibility index (Phi) is 6.40. The van der Waals surface area contributed by atoms with E-state index in [0.29, 0.717) is 18.7 Å². The van der Waals surface area contributed by atoms with Gasteiger partial charge >= 0.3 is 0 Å². The Hall–Kier alpha value is -2.08. The van der Waals surface area contributed by atoms with E-state index in [-0.39, 0.29) is 11.8 Å². The van der Waals surface area contributed by atoms with Crippen LogP contribution in [0.4, 0.5) is 11.4 Å². The van der Waals surface area contributed by atoms with Gasteiger partial charge in [0.15, 0.2) is 0 Å². The topological polar surface area (TPSA) is 57.1 Å². The van der Waals surface area contributed by atoms with Crippen LogP contribution < -0.4 is 10.2 Å². The van der Waals surface area contributed by atoms with Crippen molar-refractivity contribution in [1.82, 2.24) is 5.32 Å². The van der Waals surface area contributed by atoms with Gasteiger partial charge in [-0.25, -0.2) is 0 Å². The maximum atomic E-state index is 11.8. The molecule has 0 saturated heterocycles. The fourth-order valence-electron chi connectivity index (χ4n) is 2.12. The minimum atomic E-state index is -0.131. The first-order chi connectivity index (χ1) is 11.1. The van der Waals surface area contributed by atoms with Gasteiger partial charge in [0.2, 0.25) is 5.91 Å². The molecule has 5 nitrogen and oxygen atoms in total. The highest BCUT2D eigenvalue weighted by atomic mass is 32.1. The van der Waals surface area contributed by atoms with E-state index in [9.17, 15) is 4.79 Å². The van der Waals surface area contributed by atoms with Crippen molar-refractivity contribution in [2.75, 3.05) is 31.3 Å². The van der Waals surface area contributed by atoms with Crippen molar-refractivity contribution in [2.24, 2.45) is 16.1 Å². The van der Waals surface area contributed by atoms with Gasteiger partial charge in [-0.2, -0.15) is 22.9 Å². The number of benzene rings is 1. The summed E-state index contributed by atoms with van der Waals surface area (Å²) in [6.45, 7) is 0.589. The van der Waals surface area contributed by atoms with Crippen molar-refractivity contribution in [3.05, 3.63) is 48.2 Å². The normalized spacial score (nSPS) is 17.2. The monoisotopic (exact) mass is 330 g/mol. The molecule has 6 heteroatoms. The van der Waals surface area contributed by atoms with Crippen LogP contribution >= 0.6 is 12.6 Å². The lowest BCUT2D eigenvalue weighted by molar-refractivity contribution is -0.123. The van der Waals surface area contributed by atoms with Crippen molar-refractivity contribution in [3.8, 4) is 0 Å². The summed E-state index contributed by atoms with van der Waals surface area (Å²) in [4.78, 5) is 13.9. The Morgan fingerprint density at radius 1 is 1.30 bits per heavy atom. The number of thiol groups is 1. The number of nitrogens with zero attached hydrogens (tertiary/aromatic N) is 3. The molecule has 122 valence electrons. The van der Waals surface area contributed by atoms with Gasteiger partial charge in [-0.3, -0.25) is 4.79 Å². The Labute approximate surface area is 142 Å². The van der Waals surface area contributed by atoms with Gasteiger partial charge in [0.1, 0.15) is 0 Å². The molecule has 0 saturated carbocycles. The van der Waals surface area contributed by atoms with E-state index >= 15 is 0 Å². The van der Waals surface area contributed by atoms with E-state index in [4.69, 9.17) is 0 Å². The SMILES string of the molecule is CN(C)c1ccc(N=NC2=CCC(C(=O)NCCS)C=C2)cc1. The summed E-state index contributed by atoms with van der Waals surface area (Å²) in [5, 5.41) is 11.3. The van der Waals surface area contributed by atoms with E-state index in [1.807, 2.05) is 61.5 Å². The molecular weight excluding hydrogens is 308 g/mol. The lowest BCUT2D eigenvalue weighted by atomic mass is 9.99. The van der Waals surface area contributed by atoms with Crippen LogP contribution in [0.15, 0.2) is 58.4 Å². The largest absolute Gasteiger partial charge is 0.378 e. The Bertz CT molecular complexity index is 620. The molecule has 0 aliphatic heterocycles. The third kappa shape index (κ3) is 5.25. The van der Waals surface area contributed by atoms with Crippen LogP contribution in [-0.4, -0.2) is 32.3 Å². The second kappa shape index (κ2) is 8.53. The van der Waals surface area contributed by atoms with Gasteiger partial charge in [0.25, 0.3) is 0 Å². The zero-order chi connectivity index (χ0) is 16.7.